The number of hydrogen-bond acceptors (Lipinski definition) is 7. The first-order valence-corrected chi connectivity index (χ1v) is 6.47. The molecule has 0 aliphatic rings. The van der Waals surface area contributed by atoms with Gasteiger partial charge in [0.25, 0.3) is 0 Å². The van der Waals surface area contributed by atoms with Crippen LogP contribution in [0.1, 0.15) is 30.4 Å². The van der Waals surface area contributed by atoms with Crippen LogP contribution in [0.5, 0.6) is 0 Å². The quantitative estimate of drug-likeness (QED) is 0.497. The lowest BCUT2D eigenvalue weighted by molar-refractivity contribution is -0.123. The third-order valence-electron chi connectivity index (χ3n) is 1.90. The van der Waals surface area contributed by atoms with Gasteiger partial charge in [0.1, 0.15) is 15.2 Å². The van der Waals surface area contributed by atoms with Crippen molar-refractivity contribution in [3.63, 3.8) is 0 Å². The minimum Gasteiger partial charge on any atom is -0.375 e. The molecule has 0 aromatic carbocycles. The molecular weight excluding hydrogens is 260 g/mol. The Labute approximate surface area is 107 Å². The molecule has 0 fully saturated rings. The predicted molar refractivity (Wildman–Crippen MR) is 67.5 cm³/mol. The van der Waals surface area contributed by atoms with Crippen LogP contribution < -0.4 is 5.73 Å². The fourth-order valence-electron chi connectivity index (χ4n) is 1.19. The number of thioether (sulfide) groups is 1. The molecule has 1 aromatic heterocycles. The number of anilines is 1. The summed E-state index contributed by atoms with van der Waals surface area (Å²) in [4.78, 5) is 38.3. The average Bonchev–Trinajstić information content (AvgIpc) is 2.55. The van der Waals surface area contributed by atoms with Gasteiger partial charge in [-0.3, -0.25) is 14.4 Å². The molecule has 92 valence electrons. The second-order valence-corrected chi connectivity index (χ2v) is 5.59. The minimum absolute atomic E-state index is 0.174. The zero-order valence-electron chi connectivity index (χ0n) is 9.64. The van der Waals surface area contributed by atoms with Crippen LogP contribution in [-0.2, 0) is 9.59 Å². The Morgan fingerprint density at radius 1 is 1.24 bits per heavy atom. The van der Waals surface area contributed by atoms with Gasteiger partial charge in [0.05, 0.1) is 0 Å². The van der Waals surface area contributed by atoms with Crippen LogP contribution in [0, 0.1) is 0 Å². The number of carbonyl (C=O) groups is 3. The summed E-state index contributed by atoms with van der Waals surface area (Å²) in [5, 5.41) is -0.214. The van der Waals surface area contributed by atoms with Gasteiger partial charge >= 0.3 is 0 Å². The number of carbonyl (C=O) groups excluding carboxylic acids is 3. The Morgan fingerprint density at radius 3 is 2.18 bits per heavy atom. The molecule has 0 aliphatic carbocycles. The third-order valence-corrected chi connectivity index (χ3v) is 4.43. The third kappa shape index (κ3) is 3.37. The highest BCUT2D eigenvalue weighted by molar-refractivity contribution is 8.01. The van der Waals surface area contributed by atoms with E-state index in [0.29, 0.717) is 9.90 Å². The molecule has 0 bridgehead atoms. The summed E-state index contributed by atoms with van der Waals surface area (Å²) in [5.74, 6) is -0.695. The molecule has 0 saturated heterocycles. The molecule has 0 spiro atoms. The number of nitrogens with zero attached hydrogens (tertiary/aromatic N) is 1. The van der Waals surface area contributed by atoms with Crippen LogP contribution in [0.3, 0.4) is 0 Å². The lowest BCUT2D eigenvalue weighted by Gasteiger charge is -2.08. The summed E-state index contributed by atoms with van der Waals surface area (Å²) in [6.45, 7) is 4.07. The lowest BCUT2D eigenvalue weighted by atomic mass is 10.2. The zero-order valence-corrected chi connectivity index (χ0v) is 11.3. The van der Waals surface area contributed by atoms with E-state index in [4.69, 9.17) is 5.73 Å². The van der Waals surface area contributed by atoms with Crippen LogP contribution in [0.15, 0.2) is 5.03 Å². The number of Topliss-reactive ketones (excluding diaryl/α,β-unsaturated/α-hetero) is 3. The van der Waals surface area contributed by atoms with E-state index in [9.17, 15) is 14.4 Å². The van der Waals surface area contributed by atoms with Gasteiger partial charge in [-0.1, -0.05) is 23.1 Å². The Morgan fingerprint density at radius 2 is 1.76 bits per heavy atom. The van der Waals surface area contributed by atoms with Crippen molar-refractivity contribution in [3.8, 4) is 0 Å². The highest BCUT2D eigenvalue weighted by Crippen LogP contribution is 2.32. The second kappa shape index (κ2) is 5.42. The van der Waals surface area contributed by atoms with Crippen LogP contribution in [-0.4, -0.2) is 27.6 Å². The molecular formula is C10H12N2O3S2. The van der Waals surface area contributed by atoms with E-state index < -0.39 is 5.25 Å². The molecule has 1 aromatic rings. The number of thiazole rings is 1. The van der Waals surface area contributed by atoms with E-state index in [-0.39, 0.29) is 22.5 Å². The van der Waals surface area contributed by atoms with Gasteiger partial charge in [0, 0.05) is 6.92 Å². The predicted octanol–water partition coefficient (Wildman–Crippen LogP) is 1.57. The Balaban J connectivity index is 3.05. The van der Waals surface area contributed by atoms with Gasteiger partial charge in [0.2, 0.25) is 0 Å². The van der Waals surface area contributed by atoms with E-state index in [2.05, 4.69) is 4.98 Å². The first-order valence-electron chi connectivity index (χ1n) is 4.77. The first-order chi connectivity index (χ1) is 7.82. The summed E-state index contributed by atoms with van der Waals surface area (Å²) in [7, 11) is 0. The van der Waals surface area contributed by atoms with E-state index in [1.165, 1.54) is 20.8 Å². The fourth-order valence-corrected chi connectivity index (χ4v) is 3.09. The Kier molecular flexibility index (Phi) is 4.41. The molecule has 0 saturated carbocycles. The number of nitrogens with two attached hydrogens (primary N) is 1. The number of nitrogen functional groups attached to an aromatic ring is 1. The molecule has 5 nitrogen and oxygen atoms in total. The molecule has 1 rings (SSSR count). The lowest BCUT2D eigenvalue weighted by Crippen LogP contribution is -2.22. The van der Waals surface area contributed by atoms with Crippen molar-refractivity contribution in [3.05, 3.63) is 4.88 Å². The largest absolute Gasteiger partial charge is 0.375 e. The normalized spacial score (nSPS) is 10.6. The van der Waals surface area contributed by atoms with Gasteiger partial charge in [-0.25, -0.2) is 4.98 Å². The molecule has 7 heteroatoms. The fraction of sp³-hybridized carbons (Fsp3) is 0.400. The van der Waals surface area contributed by atoms with Crippen molar-refractivity contribution in [2.45, 2.75) is 31.0 Å². The maximum absolute atomic E-state index is 11.3. The number of hydrogen-bond donors (Lipinski definition) is 1. The number of rotatable bonds is 5. The Hall–Kier alpha value is -1.21. The van der Waals surface area contributed by atoms with E-state index in [1.54, 1.807) is 0 Å². The summed E-state index contributed by atoms with van der Waals surface area (Å²) in [6.07, 6.45) is 0. The topological polar surface area (TPSA) is 90.1 Å². The number of aromatic nitrogens is 1. The van der Waals surface area contributed by atoms with Crippen molar-refractivity contribution in [2.75, 3.05) is 5.73 Å². The maximum Gasteiger partial charge on any atom is 0.181 e. The maximum atomic E-state index is 11.3. The summed E-state index contributed by atoms with van der Waals surface area (Å²) >= 11 is 2.04. The summed E-state index contributed by atoms with van der Waals surface area (Å²) in [6, 6.07) is 0. The monoisotopic (exact) mass is 272 g/mol. The van der Waals surface area contributed by atoms with E-state index in [0.717, 1.165) is 23.1 Å². The van der Waals surface area contributed by atoms with Gasteiger partial charge in [0.15, 0.2) is 22.5 Å². The smallest absolute Gasteiger partial charge is 0.181 e. The van der Waals surface area contributed by atoms with Crippen LogP contribution in [0.4, 0.5) is 5.13 Å². The van der Waals surface area contributed by atoms with Crippen LogP contribution in [0.25, 0.3) is 0 Å². The first kappa shape index (κ1) is 13.9. The van der Waals surface area contributed by atoms with Crippen LogP contribution in [0.2, 0.25) is 0 Å². The summed E-state index contributed by atoms with van der Waals surface area (Å²) < 4.78 is 0. The van der Waals surface area contributed by atoms with Gasteiger partial charge < -0.3 is 5.73 Å². The molecule has 2 N–H and O–H groups in total. The van der Waals surface area contributed by atoms with Gasteiger partial charge in [-0.2, -0.15) is 0 Å². The van der Waals surface area contributed by atoms with Crippen molar-refractivity contribution in [1.82, 2.24) is 4.98 Å². The van der Waals surface area contributed by atoms with Crippen molar-refractivity contribution < 1.29 is 14.4 Å². The van der Waals surface area contributed by atoms with Crippen molar-refractivity contribution in [2.24, 2.45) is 0 Å². The van der Waals surface area contributed by atoms with Gasteiger partial charge in [-0.15, -0.1) is 0 Å². The van der Waals surface area contributed by atoms with Crippen molar-refractivity contribution in [1.29, 1.82) is 0 Å². The standard InChI is InChI=1S/C10H12N2O3S2/c1-4(13)7(5(2)14)16-9-8(6(3)15)17-10(11)12-9/h7H,1-3H3,(H2,11,12). The second-order valence-electron chi connectivity index (χ2n) is 3.46. The Bertz CT molecular complexity index is 468. The molecule has 0 aliphatic heterocycles. The minimum atomic E-state index is -0.824. The SMILES string of the molecule is CC(=O)c1sc(N)nc1SC(C(C)=O)C(C)=O. The average molecular weight is 272 g/mol. The molecule has 0 unspecified atom stereocenters. The zero-order chi connectivity index (χ0) is 13.2. The molecule has 0 amide bonds. The molecule has 0 atom stereocenters. The van der Waals surface area contributed by atoms with E-state index >= 15 is 0 Å². The highest BCUT2D eigenvalue weighted by atomic mass is 32.2. The highest BCUT2D eigenvalue weighted by Gasteiger charge is 2.25. The van der Waals surface area contributed by atoms with Gasteiger partial charge in [-0.05, 0) is 13.8 Å². The molecule has 0 radical (unpaired) electrons. The number of ketones is 3. The molecule has 17 heavy (non-hydrogen) atoms. The summed E-state index contributed by atoms with van der Waals surface area (Å²) in [5.41, 5.74) is 5.52. The van der Waals surface area contributed by atoms with E-state index in [1.807, 2.05) is 0 Å². The molecule has 1 heterocycles. The van der Waals surface area contributed by atoms with Crippen molar-refractivity contribution >= 4 is 45.6 Å². The van der Waals surface area contributed by atoms with Crippen LogP contribution >= 0.6 is 23.1 Å².